The number of nitrogens with one attached hydrogen (secondary N) is 1. The molecule has 4 nitrogen and oxygen atoms in total. The largest absolute Gasteiger partial charge is 0.370 e. The molecule has 1 unspecified atom stereocenters. The molecule has 0 amide bonds. The summed E-state index contributed by atoms with van der Waals surface area (Å²) in [7, 11) is 2.21. The van der Waals surface area contributed by atoms with Crippen LogP contribution < -0.4 is 5.32 Å². The molecule has 0 spiro atoms. The number of benzene rings is 1. The van der Waals surface area contributed by atoms with Crippen molar-refractivity contribution < 1.29 is 0 Å². The summed E-state index contributed by atoms with van der Waals surface area (Å²) in [4.78, 5) is 2.42. The van der Waals surface area contributed by atoms with E-state index in [4.69, 9.17) is 28.3 Å². The van der Waals surface area contributed by atoms with Crippen LogP contribution in [0.1, 0.15) is 42.9 Å². The van der Waals surface area contributed by atoms with Crippen molar-refractivity contribution in [2.45, 2.75) is 38.0 Å². The number of nitrogens with zero attached hydrogens (tertiary/aromatic N) is 3. The van der Waals surface area contributed by atoms with Gasteiger partial charge in [-0.2, -0.15) is 5.10 Å². The Balaban J connectivity index is 1.80. The van der Waals surface area contributed by atoms with Crippen molar-refractivity contribution in [3.63, 3.8) is 0 Å². The van der Waals surface area contributed by atoms with Crippen LogP contribution in [0.25, 0.3) is 5.69 Å². The Bertz CT molecular complexity index is 771. The Kier molecular flexibility index (Phi) is 4.94. The number of piperidine rings is 1. The summed E-state index contributed by atoms with van der Waals surface area (Å²) in [6.07, 6.45) is 5.96. The predicted octanol–water partition coefficient (Wildman–Crippen LogP) is 4.74. The maximum Gasteiger partial charge on any atom is 0.133 e. The number of halogens is 2. The van der Waals surface area contributed by atoms with Gasteiger partial charge >= 0.3 is 0 Å². The Labute approximate surface area is 159 Å². The highest BCUT2D eigenvalue weighted by Crippen LogP contribution is 2.36. The van der Waals surface area contributed by atoms with Crippen molar-refractivity contribution in [3.8, 4) is 5.69 Å². The van der Waals surface area contributed by atoms with E-state index in [1.54, 1.807) is 0 Å². The molecule has 0 bridgehead atoms. The zero-order valence-corrected chi connectivity index (χ0v) is 16.1. The summed E-state index contributed by atoms with van der Waals surface area (Å²) in [5.41, 5.74) is 3.63. The van der Waals surface area contributed by atoms with Crippen LogP contribution in [-0.4, -0.2) is 41.4 Å². The molecule has 2 aliphatic heterocycles. The molecular weight excluding hydrogens is 355 g/mol. The number of aromatic nitrogens is 2. The second-order valence-corrected chi connectivity index (χ2v) is 8.02. The van der Waals surface area contributed by atoms with E-state index in [-0.39, 0.29) is 0 Å². The van der Waals surface area contributed by atoms with Crippen molar-refractivity contribution in [3.05, 3.63) is 39.5 Å². The molecule has 3 heterocycles. The van der Waals surface area contributed by atoms with E-state index < -0.39 is 0 Å². The smallest absolute Gasteiger partial charge is 0.133 e. The lowest BCUT2D eigenvalue weighted by atomic mass is 9.91. The summed E-state index contributed by atoms with van der Waals surface area (Å²) >= 11 is 12.4. The van der Waals surface area contributed by atoms with Crippen LogP contribution in [0.5, 0.6) is 0 Å². The van der Waals surface area contributed by atoms with Crippen LogP contribution in [0.2, 0.25) is 10.0 Å². The molecule has 6 heteroatoms. The molecule has 1 aromatic heterocycles. The first-order valence-electron chi connectivity index (χ1n) is 9.13. The number of anilines is 1. The molecule has 2 aliphatic rings. The molecule has 1 saturated heterocycles. The number of hydrogen-bond acceptors (Lipinski definition) is 3. The highest BCUT2D eigenvalue weighted by Gasteiger charge is 2.28. The fraction of sp³-hybridized carbons (Fsp3) is 0.526. The van der Waals surface area contributed by atoms with Gasteiger partial charge in [-0.05, 0) is 63.9 Å². The Morgan fingerprint density at radius 2 is 2.04 bits per heavy atom. The lowest BCUT2D eigenvalue weighted by Crippen LogP contribution is -2.31. The maximum absolute atomic E-state index is 6.25. The van der Waals surface area contributed by atoms with Gasteiger partial charge in [0.05, 0.1) is 21.4 Å². The van der Waals surface area contributed by atoms with E-state index >= 15 is 0 Å². The minimum Gasteiger partial charge on any atom is -0.370 e. The van der Waals surface area contributed by atoms with Crippen molar-refractivity contribution in [1.82, 2.24) is 14.7 Å². The van der Waals surface area contributed by atoms with Crippen LogP contribution in [0.3, 0.4) is 0 Å². The molecular formula is C19H24Cl2N4. The quantitative estimate of drug-likeness (QED) is 0.819. The van der Waals surface area contributed by atoms with E-state index in [0.29, 0.717) is 16.0 Å². The Morgan fingerprint density at radius 1 is 1.16 bits per heavy atom. The average molecular weight is 379 g/mol. The topological polar surface area (TPSA) is 33.1 Å². The molecule has 4 rings (SSSR count). The van der Waals surface area contributed by atoms with Gasteiger partial charge in [-0.25, -0.2) is 4.68 Å². The molecule has 1 N–H and O–H groups in total. The molecule has 0 aliphatic carbocycles. The zero-order valence-electron chi connectivity index (χ0n) is 14.6. The van der Waals surface area contributed by atoms with E-state index in [0.717, 1.165) is 31.0 Å². The zero-order chi connectivity index (χ0) is 17.4. The first-order chi connectivity index (χ1) is 12.1. The fourth-order valence-corrected chi connectivity index (χ4v) is 4.34. The minimum absolute atomic E-state index is 0.511. The normalized spacial score (nSPS) is 21.5. The summed E-state index contributed by atoms with van der Waals surface area (Å²) < 4.78 is 2.03. The fourth-order valence-electron chi connectivity index (χ4n) is 4.05. The highest BCUT2D eigenvalue weighted by molar-refractivity contribution is 6.42. The average Bonchev–Trinajstić information content (AvgIpc) is 2.79. The van der Waals surface area contributed by atoms with E-state index in [1.807, 2.05) is 22.9 Å². The highest BCUT2D eigenvalue weighted by atomic mass is 35.5. The van der Waals surface area contributed by atoms with Gasteiger partial charge in [-0.1, -0.05) is 23.2 Å². The molecule has 1 atom stereocenters. The first-order valence-corrected chi connectivity index (χ1v) is 9.88. The lowest BCUT2D eigenvalue weighted by molar-refractivity contribution is 0.247. The Morgan fingerprint density at radius 3 is 2.84 bits per heavy atom. The summed E-state index contributed by atoms with van der Waals surface area (Å²) in [5, 5.41) is 9.81. The van der Waals surface area contributed by atoms with Crippen LogP contribution in [0.15, 0.2) is 18.2 Å². The molecule has 0 saturated carbocycles. The molecule has 0 radical (unpaired) electrons. The molecule has 134 valence electrons. The summed E-state index contributed by atoms with van der Waals surface area (Å²) in [6.45, 7) is 3.26. The second kappa shape index (κ2) is 7.18. The lowest BCUT2D eigenvalue weighted by Gasteiger charge is -2.29. The van der Waals surface area contributed by atoms with Gasteiger partial charge in [0.1, 0.15) is 5.82 Å². The first kappa shape index (κ1) is 17.2. The van der Waals surface area contributed by atoms with Gasteiger partial charge < -0.3 is 10.2 Å². The van der Waals surface area contributed by atoms with Gasteiger partial charge in [-0.15, -0.1) is 0 Å². The predicted molar refractivity (Wildman–Crippen MR) is 104 cm³/mol. The third-order valence-electron chi connectivity index (χ3n) is 5.32. The van der Waals surface area contributed by atoms with E-state index in [2.05, 4.69) is 17.3 Å². The van der Waals surface area contributed by atoms with Gasteiger partial charge in [0.25, 0.3) is 0 Å². The van der Waals surface area contributed by atoms with Crippen molar-refractivity contribution in [2.75, 3.05) is 32.0 Å². The van der Waals surface area contributed by atoms with Crippen molar-refractivity contribution in [2.24, 2.45) is 0 Å². The van der Waals surface area contributed by atoms with Gasteiger partial charge in [-0.3, -0.25) is 0 Å². The van der Waals surface area contributed by atoms with E-state index in [1.165, 1.54) is 43.5 Å². The Hall–Kier alpha value is -1.23. The van der Waals surface area contributed by atoms with Gasteiger partial charge in [0.2, 0.25) is 0 Å². The van der Waals surface area contributed by atoms with Crippen LogP contribution in [0.4, 0.5) is 5.82 Å². The van der Waals surface area contributed by atoms with Gasteiger partial charge in [0, 0.05) is 24.6 Å². The van der Waals surface area contributed by atoms with Crippen molar-refractivity contribution in [1.29, 1.82) is 0 Å². The van der Waals surface area contributed by atoms with Crippen LogP contribution >= 0.6 is 23.2 Å². The van der Waals surface area contributed by atoms with E-state index in [9.17, 15) is 0 Å². The maximum atomic E-state index is 6.25. The minimum atomic E-state index is 0.511. The summed E-state index contributed by atoms with van der Waals surface area (Å²) in [5.74, 6) is 1.65. The number of rotatable bonds is 2. The monoisotopic (exact) mass is 378 g/mol. The summed E-state index contributed by atoms with van der Waals surface area (Å²) in [6, 6.07) is 5.74. The third kappa shape index (κ3) is 3.40. The molecule has 1 fully saturated rings. The second-order valence-electron chi connectivity index (χ2n) is 7.21. The van der Waals surface area contributed by atoms with Crippen molar-refractivity contribution >= 4 is 29.0 Å². The molecule has 2 aromatic rings. The van der Waals surface area contributed by atoms with Gasteiger partial charge in [0.15, 0.2) is 0 Å². The number of likely N-dealkylation sites (tertiary alicyclic amines) is 1. The third-order valence-corrected chi connectivity index (χ3v) is 6.06. The van der Waals surface area contributed by atoms with Crippen LogP contribution in [0, 0.1) is 0 Å². The molecule has 1 aromatic carbocycles. The number of hydrogen-bond donors (Lipinski definition) is 1. The molecule has 25 heavy (non-hydrogen) atoms. The number of fused-ring (bicyclic) bond motifs is 1. The SMILES string of the molecule is CN1CCCC(c2nn(-c3ccc(Cl)c(Cl)c3)c3c2CCCCN3)C1. The number of likely N-dealkylation sites (N-methyl/N-ethyl adjacent to an activating group) is 1. The van der Waals surface area contributed by atoms with Crippen LogP contribution in [-0.2, 0) is 6.42 Å². The standard InChI is InChI=1S/C19H24Cl2N4/c1-24-10-4-5-13(12-24)18-15-6-2-3-9-22-19(15)25(23-18)14-7-8-16(20)17(21)11-14/h7-8,11,13,22H,2-6,9-10,12H2,1H3.